The van der Waals surface area contributed by atoms with Crippen molar-refractivity contribution in [2.45, 2.75) is 6.18 Å². The molecule has 92 valence electrons. The molecule has 0 aliphatic carbocycles. The number of hydrogen-bond donors (Lipinski definition) is 4. The highest BCUT2D eigenvalue weighted by Gasteiger charge is 2.34. The molecule has 2 amide bonds. The Hall–Kier alpha value is -2.25. The highest BCUT2D eigenvalue weighted by molar-refractivity contribution is 5.97. The summed E-state index contributed by atoms with van der Waals surface area (Å²) >= 11 is 0. The molecule has 8 heteroatoms. The minimum absolute atomic E-state index is 0.116. The van der Waals surface area contributed by atoms with Gasteiger partial charge in [-0.15, -0.1) is 0 Å². The number of halogens is 3. The molecule has 0 aromatic heterocycles. The first-order valence-corrected chi connectivity index (χ1v) is 4.34. The Bertz CT molecular complexity index is 470. The molecule has 0 radical (unpaired) electrons. The maximum atomic E-state index is 12.6. The summed E-state index contributed by atoms with van der Waals surface area (Å²) in [4.78, 5) is 10.5. The normalized spacial score (nSPS) is 11.0. The van der Waals surface area contributed by atoms with E-state index in [1.54, 1.807) is 0 Å². The van der Waals surface area contributed by atoms with Gasteiger partial charge < -0.3 is 16.8 Å². The van der Waals surface area contributed by atoms with Crippen molar-refractivity contribution in [2.24, 2.45) is 11.5 Å². The molecular weight excluding hydrogens is 237 g/mol. The van der Waals surface area contributed by atoms with Crippen LogP contribution in [0.2, 0.25) is 0 Å². The Morgan fingerprint density at radius 1 is 1.29 bits per heavy atom. The molecule has 0 atom stereocenters. The summed E-state index contributed by atoms with van der Waals surface area (Å²) in [6, 6.07) is 1.86. The van der Waals surface area contributed by atoms with Gasteiger partial charge in [-0.2, -0.15) is 13.2 Å². The third-order valence-corrected chi connectivity index (χ3v) is 1.88. The van der Waals surface area contributed by atoms with Gasteiger partial charge in [0, 0.05) is 11.3 Å². The first kappa shape index (κ1) is 12.8. The molecule has 0 saturated carbocycles. The molecule has 5 nitrogen and oxygen atoms in total. The van der Waals surface area contributed by atoms with Crippen molar-refractivity contribution in [2.75, 3.05) is 5.32 Å². The van der Waals surface area contributed by atoms with Gasteiger partial charge in [-0.3, -0.25) is 5.41 Å². The smallest absolute Gasteiger partial charge is 0.384 e. The molecule has 6 N–H and O–H groups in total. The minimum Gasteiger partial charge on any atom is -0.384 e. The largest absolute Gasteiger partial charge is 0.417 e. The van der Waals surface area contributed by atoms with E-state index in [4.69, 9.17) is 16.9 Å². The standard InChI is InChI=1S/C9H9F3N4O/c10-9(11,12)6-3-4(16-8(15)17)1-2-5(6)7(13)14/h1-3H,(H3,13,14)(H3,15,16,17). The zero-order valence-corrected chi connectivity index (χ0v) is 8.43. The van der Waals surface area contributed by atoms with Crippen LogP contribution in [0.15, 0.2) is 18.2 Å². The number of carbonyl (C=O) groups excluding carboxylic acids is 1. The number of urea groups is 1. The van der Waals surface area contributed by atoms with Crippen molar-refractivity contribution in [3.05, 3.63) is 29.3 Å². The average Bonchev–Trinajstić information content (AvgIpc) is 2.14. The predicted molar refractivity (Wildman–Crippen MR) is 55.7 cm³/mol. The second-order valence-corrected chi connectivity index (χ2v) is 3.16. The third-order valence-electron chi connectivity index (χ3n) is 1.88. The van der Waals surface area contributed by atoms with Crippen LogP contribution >= 0.6 is 0 Å². The van der Waals surface area contributed by atoms with E-state index in [0.29, 0.717) is 6.07 Å². The average molecular weight is 246 g/mol. The van der Waals surface area contributed by atoms with Crippen LogP contribution in [0.4, 0.5) is 23.7 Å². The summed E-state index contributed by atoms with van der Waals surface area (Å²) in [5.41, 5.74) is 8.15. The van der Waals surface area contributed by atoms with E-state index in [2.05, 4.69) is 0 Å². The molecule has 1 rings (SSSR count). The van der Waals surface area contributed by atoms with Gasteiger partial charge in [0.2, 0.25) is 0 Å². The molecule has 17 heavy (non-hydrogen) atoms. The molecule has 0 fully saturated rings. The Labute approximate surface area is 94.1 Å². The van der Waals surface area contributed by atoms with E-state index in [1.807, 2.05) is 5.32 Å². The van der Waals surface area contributed by atoms with Crippen LogP contribution in [0.25, 0.3) is 0 Å². The molecule has 0 unspecified atom stereocenters. The van der Waals surface area contributed by atoms with Crippen LogP contribution in [-0.4, -0.2) is 11.9 Å². The maximum absolute atomic E-state index is 12.6. The molecule has 1 aromatic rings. The van der Waals surface area contributed by atoms with Crippen LogP contribution < -0.4 is 16.8 Å². The lowest BCUT2D eigenvalue weighted by molar-refractivity contribution is -0.137. The van der Waals surface area contributed by atoms with Crippen molar-refractivity contribution in [1.82, 2.24) is 0 Å². The number of rotatable bonds is 2. The summed E-state index contributed by atoms with van der Waals surface area (Å²) < 4.78 is 37.9. The third kappa shape index (κ3) is 3.10. The van der Waals surface area contributed by atoms with Gasteiger partial charge in [-0.1, -0.05) is 0 Å². The molecule has 0 aliphatic heterocycles. The van der Waals surface area contributed by atoms with Gasteiger partial charge in [0.25, 0.3) is 0 Å². The molecule has 0 spiro atoms. The fraction of sp³-hybridized carbons (Fsp3) is 0.111. The number of alkyl halides is 3. The van der Waals surface area contributed by atoms with E-state index < -0.39 is 29.2 Å². The molecule has 1 aromatic carbocycles. The Kier molecular flexibility index (Phi) is 3.26. The Balaban J connectivity index is 3.29. The number of amidine groups is 1. The first-order valence-electron chi connectivity index (χ1n) is 4.34. The van der Waals surface area contributed by atoms with Crippen LogP contribution in [-0.2, 0) is 6.18 Å². The van der Waals surface area contributed by atoms with Crippen LogP contribution in [0.5, 0.6) is 0 Å². The zero-order chi connectivity index (χ0) is 13.2. The topological polar surface area (TPSA) is 105 Å². The van der Waals surface area contributed by atoms with Gasteiger partial charge in [0.1, 0.15) is 5.84 Å². The summed E-state index contributed by atoms with van der Waals surface area (Å²) in [6.45, 7) is 0. The Morgan fingerprint density at radius 3 is 2.29 bits per heavy atom. The maximum Gasteiger partial charge on any atom is 0.417 e. The summed E-state index contributed by atoms with van der Waals surface area (Å²) in [5, 5.41) is 9.04. The molecule has 0 heterocycles. The number of hydrogen-bond acceptors (Lipinski definition) is 2. The lowest BCUT2D eigenvalue weighted by atomic mass is 10.1. The number of primary amides is 1. The Morgan fingerprint density at radius 2 is 1.88 bits per heavy atom. The highest BCUT2D eigenvalue weighted by Crippen LogP contribution is 2.33. The quantitative estimate of drug-likeness (QED) is 0.468. The van der Waals surface area contributed by atoms with Gasteiger partial charge >= 0.3 is 12.2 Å². The van der Waals surface area contributed by atoms with Crippen LogP contribution in [0.3, 0.4) is 0 Å². The van der Waals surface area contributed by atoms with Crippen molar-refractivity contribution in [3.8, 4) is 0 Å². The van der Waals surface area contributed by atoms with Crippen LogP contribution in [0, 0.1) is 5.41 Å². The minimum atomic E-state index is -4.67. The fourth-order valence-electron chi connectivity index (χ4n) is 1.23. The number of nitrogens with two attached hydrogens (primary N) is 2. The molecule has 0 bridgehead atoms. The fourth-order valence-corrected chi connectivity index (χ4v) is 1.23. The van der Waals surface area contributed by atoms with E-state index in [9.17, 15) is 18.0 Å². The van der Waals surface area contributed by atoms with Crippen molar-refractivity contribution in [3.63, 3.8) is 0 Å². The van der Waals surface area contributed by atoms with E-state index in [1.165, 1.54) is 6.07 Å². The van der Waals surface area contributed by atoms with Crippen LogP contribution in [0.1, 0.15) is 11.1 Å². The number of nitrogens with one attached hydrogen (secondary N) is 2. The number of anilines is 1. The number of nitrogen functional groups attached to an aromatic ring is 1. The number of carbonyl (C=O) groups is 1. The van der Waals surface area contributed by atoms with Crippen molar-refractivity contribution < 1.29 is 18.0 Å². The lowest BCUT2D eigenvalue weighted by Gasteiger charge is -2.13. The predicted octanol–water partition coefficient (Wildman–Crippen LogP) is 1.48. The summed E-state index contributed by atoms with van der Waals surface area (Å²) in [7, 11) is 0. The van der Waals surface area contributed by atoms with Crippen molar-refractivity contribution >= 4 is 17.6 Å². The number of benzene rings is 1. The lowest BCUT2D eigenvalue weighted by Crippen LogP contribution is -2.22. The highest BCUT2D eigenvalue weighted by atomic mass is 19.4. The molecule has 0 saturated heterocycles. The molecule has 0 aliphatic rings. The van der Waals surface area contributed by atoms with E-state index in [-0.39, 0.29) is 5.69 Å². The summed E-state index contributed by atoms with van der Waals surface area (Å²) in [6.07, 6.45) is -4.67. The second kappa shape index (κ2) is 4.32. The number of amides is 2. The first-order chi connectivity index (χ1) is 7.71. The van der Waals surface area contributed by atoms with Gasteiger partial charge in [0.15, 0.2) is 0 Å². The molecular formula is C9H9F3N4O. The van der Waals surface area contributed by atoms with E-state index in [0.717, 1.165) is 6.07 Å². The summed E-state index contributed by atoms with van der Waals surface area (Å²) in [5.74, 6) is -0.706. The van der Waals surface area contributed by atoms with Gasteiger partial charge in [-0.05, 0) is 18.2 Å². The second-order valence-electron chi connectivity index (χ2n) is 3.16. The van der Waals surface area contributed by atoms with Gasteiger partial charge in [-0.25, -0.2) is 4.79 Å². The van der Waals surface area contributed by atoms with Gasteiger partial charge in [0.05, 0.1) is 5.56 Å². The van der Waals surface area contributed by atoms with Crippen molar-refractivity contribution in [1.29, 1.82) is 5.41 Å². The SMILES string of the molecule is N=C(N)c1ccc(NC(N)=O)cc1C(F)(F)F. The van der Waals surface area contributed by atoms with E-state index >= 15 is 0 Å². The zero-order valence-electron chi connectivity index (χ0n) is 8.43. The monoisotopic (exact) mass is 246 g/mol.